The lowest BCUT2D eigenvalue weighted by Crippen LogP contribution is -2.43. The highest BCUT2D eigenvalue weighted by atomic mass is 16.1. The molecule has 4 saturated carbocycles. The van der Waals surface area contributed by atoms with Gasteiger partial charge in [-0.2, -0.15) is 0 Å². The third kappa shape index (κ3) is 1.12. The van der Waals surface area contributed by atoms with Crippen LogP contribution < -0.4 is 5.73 Å². The van der Waals surface area contributed by atoms with E-state index >= 15 is 0 Å². The van der Waals surface area contributed by atoms with Crippen molar-refractivity contribution in [3.63, 3.8) is 0 Å². The SMILES string of the molecule is NC(=O)C12CCC3CC(CC(C3)C1)C2. The van der Waals surface area contributed by atoms with E-state index in [4.69, 9.17) is 5.73 Å². The van der Waals surface area contributed by atoms with Gasteiger partial charge in [-0.25, -0.2) is 0 Å². The van der Waals surface area contributed by atoms with Crippen LogP contribution in [0.2, 0.25) is 0 Å². The lowest BCUT2D eigenvalue weighted by molar-refractivity contribution is -0.132. The summed E-state index contributed by atoms with van der Waals surface area (Å²) in [6, 6.07) is 0. The molecule has 0 aromatic rings. The molecule has 0 spiro atoms. The Morgan fingerprint density at radius 3 is 2.21 bits per heavy atom. The first-order chi connectivity index (χ1) is 6.68. The molecule has 14 heavy (non-hydrogen) atoms. The van der Waals surface area contributed by atoms with Crippen LogP contribution >= 0.6 is 0 Å². The van der Waals surface area contributed by atoms with Crippen LogP contribution in [0.15, 0.2) is 0 Å². The maximum atomic E-state index is 11.6. The Morgan fingerprint density at radius 2 is 1.64 bits per heavy atom. The third-order valence-corrected chi connectivity index (χ3v) is 4.91. The van der Waals surface area contributed by atoms with Crippen molar-refractivity contribution >= 4 is 5.91 Å². The smallest absolute Gasteiger partial charge is 0.223 e. The normalized spacial score (nSPS) is 50.4. The molecule has 0 radical (unpaired) electrons. The number of carbonyl (C=O) groups is 1. The number of fused-ring (bicyclic) bond motifs is 1. The van der Waals surface area contributed by atoms with Crippen molar-refractivity contribution in [2.24, 2.45) is 28.9 Å². The zero-order valence-corrected chi connectivity index (χ0v) is 8.67. The lowest BCUT2D eigenvalue weighted by Gasteiger charge is -2.43. The fourth-order valence-electron chi connectivity index (χ4n) is 4.47. The van der Waals surface area contributed by atoms with Crippen molar-refractivity contribution in [2.45, 2.75) is 44.9 Å². The Labute approximate surface area is 85.2 Å². The molecule has 0 aromatic heterocycles. The number of carbonyl (C=O) groups excluding carboxylic acids is 1. The van der Waals surface area contributed by atoms with E-state index in [9.17, 15) is 4.79 Å². The Balaban J connectivity index is 1.97. The first kappa shape index (κ1) is 8.75. The minimum Gasteiger partial charge on any atom is -0.369 e. The molecule has 2 unspecified atom stereocenters. The summed E-state index contributed by atoms with van der Waals surface area (Å²) in [7, 11) is 0. The number of rotatable bonds is 1. The molecule has 0 heterocycles. The Bertz CT molecular complexity index is 259. The van der Waals surface area contributed by atoms with Gasteiger partial charge >= 0.3 is 0 Å². The predicted molar refractivity (Wildman–Crippen MR) is 54.4 cm³/mol. The number of hydrogen-bond acceptors (Lipinski definition) is 1. The molecule has 2 atom stereocenters. The second-order valence-electron chi connectivity index (χ2n) is 5.90. The average Bonchev–Trinajstić information content (AvgIpc) is 2.31. The number of nitrogens with two attached hydrogens (primary N) is 1. The van der Waals surface area contributed by atoms with Crippen molar-refractivity contribution in [1.29, 1.82) is 0 Å². The molecule has 0 saturated heterocycles. The summed E-state index contributed by atoms with van der Waals surface area (Å²) >= 11 is 0. The fourth-order valence-corrected chi connectivity index (χ4v) is 4.47. The van der Waals surface area contributed by atoms with E-state index in [1.165, 1.54) is 25.7 Å². The summed E-state index contributed by atoms with van der Waals surface area (Å²) in [5.41, 5.74) is 5.54. The summed E-state index contributed by atoms with van der Waals surface area (Å²) in [5, 5.41) is 0. The van der Waals surface area contributed by atoms with E-state index < -0.39 is 0 Å². The van der Waals surface area contributed by atoms with E-state index in [1.807, 2.05) is 0 Å². The van der Waals surface area contributed by atoms with Crippen LogP contribution in [0.3, 0.4) is 0 Å². The Hall–Kier alpha value is -0.530. The molecular weight excluding hydrogens is 174 g/mol. The van der Waals surface area contributed by atoms with Gasteiger partial charge in [0.05, 0.1) is 0 Å². The zero-order chi connectivity index (χ0) is 9.76. The molecule has 2 heteroatoms. The van der Waals surface area contributed by atoms with Gasteiger partial charge in [-0.05, 0) is 62.7 Å². The standard InChI is InChI=1S/C12H19NO/c13-11(14)12-2-1-8-3-9(6-12)5-10(4-8)7-12/h8-10H,1-7H2,(H2,13,14). The summed E-state index contributed by atoms with van der Waals surface area (Å²) in [6.45, 7) is 0. The molecular formula is C12H19NO. The molecule has 4 fully saturated rings. The molecule has 4 rings (SSSR count). The number of primary amides is 1. The van der Waals surface area contributed by atoms with Crippen LogP contribution in [0.25, 0.3) is 0 Å². The molecule has 78 valence electrons. The second-order valence-corrected chi connectivity index (χ2v) is 5.90. The van der Waals surface area contributed by atoms with Crippen molar-refractivity contribution in [3.05, 3.63) is 0 Å². The molecule has 1 amide bonds. The third-order valence-electron chi connectivity index (χ3n) is 4.91. The van der Waals surface area contributed by atoms with E-state index in [-0.39, 0.29) is 11.3 Å². The van der Waals surface area contributed by atoms with Crippen molar-refractivity contribution in [1.82, 2.24) is 0 Å². The van der Waals surface area contributed by atoms with Gasteiger partial charge in [-0.1, -0.05) is 0 Å². The molecule has 4 aliphatic carbocycles. The summed E-state index contributed by atoms with van der Waals surface area (Å²) in [4.78, 5) is 11.6. The van der Waals surface area contributed by atoms with Gasteiger partial charge in [0.25, 0.3) is 0 Å². The van der Waals surface area contributed by atoms with Crippen LogP contribution in [-0.4, -0.2) is 5.91 Å². The highest BCUT2D eigenvalue weighted by Crippen LogP contribution is 2.56. The summed E-state index contributed by atoms with van der Waals surface area (Å²) < 4.78 is 0. The molecule has 2 N–H and O–H groups in total. The quantitative estimate of drug-likeness (QED) is 0.680. The van der Waals surface area contributed by atoms with Crippen LogP contribution in [-0.2, 0) is 4.79 Å². The van der Waals surface area contributed by atoms with E-state index in [1.54, 1.807) is 0 Å². The highest BCUT2D eigenvalue weighted by molar-refractivity contribution is 5.81. The van der Waals surface area contributed by atoms with Crippen LogP contribution in [0.4, 0.5) is 0 Å². The second kappa shape index (κ2) is 2.74. The maximum Gasteiger partial charge on any atom is 0.223 e. The Kier molecular flexibility index (Phi) is 1.71. The number of hydrogen-bond donors (Lipinski definition) is 1. The van der Waals surface area contributed by atoms with E-state index in [0.29, 0.717) is 0 Å². The molecule has 4 bridgehead atoms. The molecule has 0 aromatic carbocycles. The van der Waals surface area contributed by atoms with E-state index in [2.05, 4.69) is 0 Å². The van der Waals surface area contributed by atoms with Gasteiger partial charge in [0.2, 0.25) is 5.91 Å². The topological polar surface area (TPSA) is 43.1 Å². The highest BCUT2D eigenvalue weighted by Gasteiger charge is 2.50. The van der Waals surface area contributed by atoms with Crippen LogP contribution in [0, 0.1) is 23.2 Å². The largest absolute Gasteiger partial charge is 0.369 e. The monoisotopic (exact) mass is 193 g/mol. The Morgan fingerprint density at radius 1 is 1.07 bits per heavy atom. The van der Waals surface area contributed by atoms with Gasteiger partial charge in [0, 0.05) is 5.41 Å². The van der Waals surface area contributed by atoms with Gasteiger partial charge in [-0.15, -0.1) is 0 Å². The average molecular weight is 193 g/mol. The first-order valence-electron chi connectivity index (χ1n) is 5.98. The van der Waals surface area contributed by atoms with Crippen molar-refractivity contribution in [2.75, 3.05) is 0 Å². The predicted octanol–water partition coefficient (Wildman–Crippen LogP) is 2.08. The van der Waals surface area contributed by atoms with Gasteiger partial charge in [-0.3, -0.25) is 4.79 Å². The molecule has 2 nitrogen and oxygen atoms in total. The summed E-state index contributed by atoms with van der Waals surface area (Å²) in [6.07, 6.45) is 8.70. The fraction of sp³-hybridized carbons (Fsp3) is 0.917. The van der Waals surface area contributed by atoms with E-state index in [0.717, 1.165) is 37.0 Å². The first-order valence-corrected chi connectivity index (χ1v) is 5.98. The minimum atomic E-state index is -0.0845. The lowest BCUT2D eigenvalue weighted by atomic mass is 9.61. The van der Waals surface area contributed by atoms with Gasteiger partial charge in [0.15, 0.2) is 0 Å². The zero-order valence-electron chi connectivity index (χ0n) is 8.67. The minimum absolute atomic E-state index is 0.00486. The van der Waals surface area contributed by atoms with Crippen LogP contribution in [0.5, 0.6) is 0 Å². The van der Waals surface area contributed by atoms with Crippen LogP contribution in [0.1, 0.15) is 44.9 Å². The molecule has 0 aliphatic heterocycles. The molecule has 4 aliphatic rings. The van der Waals surface area contributed by atoms with Gasteiger partial charge in [0.1, 0.15) is 0 Å². The maximum absolute atomic E-state index is 11.6. The summed E-state index contributed by atoms with van der Waals surface area (Å²) in [5.74, 6) is 2.56. The van der Waals surface area contributed by atoms with Gasteiger partial charge < -0.3 is 5.73 Å². The van der Waals surface area contributed by atoms with Crippen molar-refractivity contribution < 1.29 is 4.79 Å². The number of amides is 1. The van der Waals surface area contributed by atoms with Crippen molar-refractivity contribution in [3.8, 4) is 0 Å².